The molecule has 0 radical (unpaired) electrons. The van der Waals surface area contributed by atoms with Gasteiger partial charge in [0.25, 0.3) is 0 Å². The van der Waals surface area contributed by atoms with E-state index in [1.807, 2.05) is 0 Å². The van der Waals surface area contributed by atoms with E-state index in [9.17, 15) is 0 Å². The van der Waals surface area contributed by atoms with Gasteiger partial charge >= 0.3 is 0 Å². The largest absolute Gasteiger partial charge is 0.374 e. The van der Waals surface area contributed by atoms with Crippen molar-refractivity contribution in [2.24, 2.45) is 0 Å². The first kappa shape index (κ1) is 17.7. The first-order valence-corrected chi connectivity index (χ1v) is 7.10. The number of nitrogens with zero attached hydrogens (tertiary/aromatic N) is 2. The highest BCUT2D eigenvalue weighted by Crippen LogP contribution is 1.86. The van der Waals surface area contributed by atoms with Crippen LogP contribution in [0.25, 0.3) is 0 Å². The van der Waals surface area contributed by atoms with E-state index in [0.29, 0.717) is 9.98 Å². The Balaban J connectivity index is 3.55. The van der Waals surface area contributed by atoms with E-state index < -0.39 is 0 Å². The quantitative estimate of drug-likeness (QED) is 0.506. The maximum atomic E-state index is 5.22. The summed E-state index contributed by atoms with van der Waals surface area (Å²) in [6.07, 6.45) is 2.13. The molecular weight excluding hydrogens is 264 g/mol. The lowest BCUT2D eigenvalue weighted by molar-refractivity contribution is 0.399. The van der Waals surface area contributed by atoms with Gasteiger partial charge in [-0.25, -0.2) is 0 Å². The molecule has 0 rings (SSSR count). The van der Waals surface area contributed by atoms with Crippen LogP contribution in [0.3, 0.4) is 0 Å². The highest BCUT2D eigenvalue weighted by atomic mass is 32.1. The Kier molecular flexibility index (Phi) is 10.4. The molecule has 6 heteroatoms. The van der Waals surface area contributed by atoms with Gasteiger partial charge in [0.2, 0.25) is 0 Å². The van der Waals surface area contributed by atoms with Gasteiger partial charge in [-0.3, -0.25) is 0 Å². The Morgan fingerprint density at radius 3 is 1.39 bits per heavy atom. The number of hydrogen-bond donors (Lipinski definition) is 2. The number of rotatable bonds is 8. The van der Waals surface area contributed by atoms with Gasteiger partial charge in [0, 0.05) is 13.1 Å². The molecular formula is C12H26N4S2. The molecule has 4 nitrogen and oxygen atoms in total. The summed E-state index contributed by atoms with van der Waals surface area (Å²) in [7, 11) is 8.26. The van der Waals surface area contributed by atoms with Gasteiger partial charge in [0.05, 0.1) is 0 Å². The minimum Gasteiger partial charge on any atom is -0.374 e. The third kappa shape index (κ3) is 10.8. The summed E-state index contributed by atoms with van der Waals surface area (Å²) in [5, 5.41) is 6.36. The standard InChI is InChI=1S/C12H26N4S2/c1-15(2)9-5-7-13-11(17)12(18)14-8-6-10-16(3)4/h5-10H2,1-4H3,(H,13,17)(H,14,18). The monoisotopic (exact) mass is 290 g/mol. The van der Waals surface area contributed by atoms with Crippen molar-refractivity contribution in [3.8, 4) is 0 Å². The average Bonchev–Trinajstić information content (AvgIpc) is 2.29. The van der Waals surface area contributed by atoms with Gasteiger partial charge in [-0.15, -0.1) is 0 Å². The van der Waals surface area contributed by atoms with E-state index in [1.54, 1.807) is 0 Å². The molecule has 2 N–H and O–H groups in total. The number of hydrogen-bond acceptors (Lipinski definition) is 4. The molecule has 0 saturated carbocycles. The molecule has 0 amide bonds. The molecule has 106 valence electrons. The molecule has 0 saturated heterocycles. The number of thiocarbonyl (C=S) groups is 2. The Hall–Kier alpha value is -0.300. The molecule has 18 heavy (non-hydrogen) atoms. The molecule has 0 unspecified atom stereocenters. The van der Waals surface area contributed by atoms with Crippen LogP contribution in [0, 0.1) is 0 Å². The Morgan fingerprint density at radius 2 is 1.11 bits per heavy atom. The van der Waals surface area contributed by atoms with Crippen LogP contribution in [0.4, 0.5) is 0 Å². The van der Waals surface area contributed by atoms with Crippen molar-refractivity contribution >= 4 is 34.4 Å². The van der Waals surface area contributed by atoms with E-state index in [-0.39, 0.29) is 0 Å². The first-order valence-electron chi connectivity index (χ1n) is 6.29. The summed E-state index contributed by atoms with van der Waals surface area (Å²) in [4.78, 5) is 5.63. The van der Waals surface area contributed by atoms with Gasteiger partial charge in [-0.2, -0.15) is 0 Å². The molecule has 0 aromatic heterocycles. The number of nitrogens with one attached hydrogen (secondary N) is 2. The predicted octanol–water partition coefficient (Wildman–Crippen LogP) is 0.724. The highest BCUT2D eigenvalue weighted by Gasteiger charge is 2.03. The normalized spacial score (nSPS) is 10.8. The molecule has 0 aliphatic carbocycles. The van der Waals surface area contributed by atoms with Gasteiger partial charge in [-0.1, -0.05) is 24.4 Å². The molecule has 0 aromatic carbocycles. The lowest BCUT2D eigenvalue weighted by atomic mass is 10.4. The second-order valence-corrected chi connectivity index (χ2v) is 5.64. The van der Waals surface area contributed by atoms with Crippen LogP contribution in [0.1, 0.15) is 12.8 Å². The highest BCUT2D eigenvalue weighted by molar-refractivity contribution is 7.89. The average molecular weight is 291 g/mol. The van der Waals surface area contributed by atoms with Crippen molar-refractivity contribution in [3.63, 3.8) is 0 Å². The van der Waals surface area contributed by atoms with E-state index in [1.165, 1.54) is 0 Å². The maximum absolute atomic E-state index is 5.22. The minimum atomic E-state index is 0.661. The van der Waals surface area contributed by atoms with Crippen LogP contribution in [0.5, 0.6) is 0 Å². The fourth-order valence-electron chi connectivity index (χ4n) is 1.35. The SMILES string of the molecule is CN(C)CCCNC(=S)C(=S)NCCCN(C)C. The van der Waals surface area contributed by atoms with Gasteiger partial charge in [0.1, 0.15) is 9.98 Å². The molecule has 0 fully saturated rings. The first-order chi connectivity index (χ1) is 8.43. The van der Waals surface area contributed by atoms with Crippen LogP contribution in [0.15, 0.2) is 0 Å². The second kappa shape index (κ2) is 10.6. The van der Waals surface area contributed by atoms with Crippen LogP contribution in [0.2, 0.25) is 0 Å². The molecule has 0 aromatic rings. The van der Waals surface area contributed by atoms with E-state index >= 15 is 0 Å². The zero-order valence-corrected chi connectivity index (χ0v) is 13.6. The third-order valence-electron chi connectivity index (χ3n) is 2.34. The zero-order valence-electron chi connectivity index (χ0n) is 12.0. The fraction of sp³-hybridized carbons (Fsp3) is 0.833. The lowest BCUT2D eigenvalue weighted by Gasteiger charge is -2.14. The van der Waals surface area contributed by atoms with Crippen LogP contribution >= 0.6 is 24.4 Å². The van der Waals surface area contributed by atoms with Crippen LogP contribution < -0.4 is 10.6 Å². The van der Waals surface area contributed by atoms with E-state index in [0.717, 1.165) is 39.0 Å². The summed E-state index contributed by atoms with van der Waals surface area (Å²) < 4.78 is 0. The van der Waals surface area contributed by atoms with Crippen molar-refractivity contribution < 1.29 is 0 Å². The maximum Gasteiger partial charge on any atom is 0.134 e. The summed E-state index contributed by atoms with van der Waals surface area (Å²) in [6, 6.07) is 0. The van der Waals surface area contributed by atoms with Gasteiger partial charge < -0.3 is 20.4 Å². The summed E-state index contributed by atoms with van der Waals surface area (Å²) in [5.41, 5.74) is 0. The smallest absolute Gasteiger partial charge is 0.134 e. The molecule has 0 bridgehead atoms. The third-order valence-corrected chi connectivity index (χ3v) is 3.17. The lowest BCUT2D eigenvalue weighted by Crippen LogP contribution is -2.39. The molecule has 0 aliphatic heterocycles. The molecule has 0 atom stereocenters. The second-order valence-electron chi connectivity index (χ2n) is 4.83. The summed E-state index contributed by atoms with van der Waals surface area (Å²) >= 11 is 10.4. The molecule has 0 heterocycles. The summed E-state index contributed by atoms with van der Waals surface area (Å²) in [5.74, 6) is 0. The Bertz CT molecular complexity index is 228. The Labute approximate surface area is 122 Å². The molecule has 0 spiro atoms. The topological polar surface area (TPSA) is 30.5 Å². The van der Waals surface area contributed by atoms with Crippen LogP contribution in [-0.4, -0.2) is 74.1 Å². The van der Waals surface area contributed by atoms with Gasteiger partial charge in [-0.05, 0) is 54.1 Å². The summed E-state index contributed by atoms with van der Waals surface area (Å²) in [6.45, 7) is 3.85. The minimum absolute atomic E-state index is 0.661. The predicted molar refractivity (Wildman–Crippen MR) is 87.5 cm³/mol. The fourth-order valence-corrected chi connectivity index (χ4v) is 1.70. The Morgan fingerprint density at radius 1 is 0.778 bits per heavy atom. The van der Waals surface area contributed by atoms with Crippen molar-refractivity contribution in [1.29, 1.82) is 0 Å². The van der Waals surface area contributed by atoms with E-state index in [4.69, 9.17) is 24.4 Å². The molecule has 0 aliphatic rings. The van der Waals surface area contributed by atoms with Crippen molar-refractivity contribution in [2.45, 2.75) is 12.8 Å². The van der Waals surface area contributed by atoms with Gasteiger partial charge in [0.15, 0.2) is 0 Å². The van der Waals surface area contributed by atoms with Crippen molar-refractivity contribution in [2.75, 3.05) is 54.4 Å². The van der Waals surface area contributed by atoms with Crippen molar-refractivity contribution in [1.82, 2.24) is 20.4 Å². The van der Waals surface area contributed by atoms with Crippen molar-refractivity contribution in [3.05, 3.63) is 0 Å². The van der Waals surface area contributed by atoms with Crippen LogP contribution in [-0.2, 0) is 0 Å². The zero-order chi connectivity index (χ0) is 14.0. The van der Waals surface area contributed by atoms with E-state index in [2.05, 4.69) is 48.6 Å².